The van der Waals surface area contributed by atoms with Gasteiger partial charge >= 0.3 is 0 Å². The number of aryl methyl sites for hydroxylation is 1. The molecule has 94 valence electrons. The molecule has 0 radical (unpaired) electrons. The van der Waals surface area contributed by atoms with Gasteiger partial charge in [-0.1, -0.05) is 0 Å². The van der Waals surface area contributed by atoms with Crippen molar-refractivity contribution >= 4 is 11.4 Å². The molecule has 0 saturated carbocycles. The number of benzene rings is 1. The first-order valence-corrected chi connectivity index (χ1v) is 5.99. The minimum atomic E-state index is 0.791. The van der Waals surface area contributed by atoms with Crippen molar-refractivity contribution in [2.24, 2.45) is 0 Å². The Hall–Kier alpha value is -1.42. The molecule has 0 atom stereocenters. The Labute approximate surface area is 103 Å². The Morgan fingerprint density at radius 2 is 1.82 bits per heavy atom. The first kappa shape index (κ1) is 12.0. The van der Waals surface area contributed by atoms with E-state index in [9.17, 15) is 0 Å². The Kier molecular flexibility index (Phi) is 3.43. The average Bonchev–Trinajstić information content (AvgIpc) is 2.33. The number of hydrogen-bond acceptors (Lipinski definition) is 4. The first-order valence-electron chi connectivity index (χ1n) is 5.99. The lowest BCUT2D eigenvalue weighted by atomic mass is 10.1. The van der Waals surface area contributed by atoms with Gasteiger partial charge in [0.05, 0.1) is 12.8 Å². The monoisotopic (exact) mass is 235 g/mol. The van der Waals surface area contributed by atoms with Gasteiger partial charge in [-0.15, -0.1) is 0 Å². The van der Waals surface area contributed by atoms with E-state index in [4.69, 9.17) is 10.5 Å². The maximum Gasteiger partial charge on any atom is 0.144 e. The van der Waals surface area contributed by atoms with Gasteiger partial charge in [0.25, 0.3) is 0 Å². The van der Waals surface area contributed by atoms with Gasteiger partial charge in [-0.05, 0) is 25.6 Å². The second-order valence-electron chi connectivity index (χ2n) is 4.67. The Balaban J connectivity index is 2.27. The molecule has 1 aromatic rings. The van der Waals surface area contributed by atoms with Crippen LogP contribution in [0.3, 0.4) is 0 Å². The van der Waals surface area contributed by atoms with Crippen molar-refractivity contribution in [1.29, 1.82) is 0 Å². The van der Waals surface area contributed by atoms with Crippen molar-refractivity contribution in [3.63, 3.8) is 0 Å². The van der Waals surface area contributed by atoms with Gasteiger partial charge in [0.1, 0.15) is 5.75 Å². The molecule has 0 unspecified atom stereocenters. The first-order chi connectivity index (χ1) is 8.11. The number of rotatable bonds is 2. The third-order valence-electron chi connectivity index (χ3n) is 3.41. The van der Waals surface area contributed by atoms with Crippen LogP contribution < -0.4 is 15.4 Å². The highest BCUT2D eigenvalue weighted by molar-refractivity contribution is 5.67. The summed E-state index contributed by atoms with van der Waals surface area (Å²) in [5, 5.41) is 0. The quantitative estimate of drug-likeness (QED) is 0.785. The maximum absolute atomic E-state index is 5.91. The van der Waals surface area contributed by atoms with Crippen LogP contribution in [0.25, 0.3) is 0 Å². The standard InChI is InChI=1S/C13H21N3O/c1-10-8-12(13(17-3)9-11(10)14)16-6-4-15(2)5-7-16/h8-9H,4-7,14H2,1-3H3. The zero-order chi connectivity index (χ0) is 12.4. The Bertz CT molecular complexity index is 398. The van der Waals surface area contributed by atoms with Crippen molar-refractivity contribution in [2.45, 2.75) is 6.92 Å². The van der Waals surface area contributed by atoms with Crippen LogP contribution in [-0.4, -0.2) is 45.2 Å². The third-order valence-corrected chi connectivity index (χ3v) is 3.41. The Morgan fingerprint density at radius 3 is 2.41 bits per heavy atom. The lowest BCUT2D eigenvalue weighted by Gasteiger charge is -2.35. The molecule has 17 heavy (non-hydrogen) atoms. The molecule has 2 rings (SSSR count). The predicted molar refractivity (Wildman–Crippen MR) is 71.9 cm³/mol. The molecule has 4 nitrogen and oxygen atoms in total. The van der Waals surface area contributed by atoms with Crippen molar-refractivity contribution in [1.82, 2.24) is 4.90 Å². The van der Waals surface area contributed by atoms with Crippen LogP contribution in [0, 0.1) is 6.92 Å². The minimum Gasteiger partial charge on any atom is -0.495 e. The van der Waals surface area contributed by atoms with E-state index < -0.39 is 0 Å². The van der Waals surface area contributed by atoms with E-state index in [0.717, 1.165) is 48.9 Å². The van der Waals surface area contributed by atoms with Gasteiger partial charge in [-0.2, -0.15) is 0 Å². The van der Waals surface area contributed by atoms with E-state index in [1.165, 1.54) is 0 Å². The van der Waals surface area contributed by atoms with E-state index in [1.807, 2.05) is 13.0 Å². The summed E-state index contributed by atoms with van der Waals surface area (Å²) in [6, 6.07) is 4.04. The molecule has 0 spiro atoms. The van der Waals surface area contributed by atoms with Crippen LogP contribution >= 0.6 is 0 Å². The summed E-state index contributed by atoms with van der Waals surface area (Å²) < 4.78 is 5.43. The predicted octanol–water partition coefficient (Wildman–Crippen LogP) is 1.34. The molecular weight excluding hydrogens is 214 g/mol. The number of likely N-dealkylation sites (N-methyl/N-ethyl adjacent to an activating group) is 1. The molecule has 1 saturated heterocycles. The second-order valence-corrected chi connectivity index (χ2v) is 4.67. The van der Waals surface area contributed by atoms with E-state index in [2.05, 4.69) is 22.9 Å². The van der Waals surface area contributed by atoms with Gasteiger partial charge in [-0.25, -0.2) is 0 Å². The normalized spacial score (nSPS) is 17.2. The number of anilines is 2. The lowest BCUT2D eigenvalue weighted by molar-refractivity contribution is 0.311. The number of nitrogens with zero attached hydrogens (tertiary/aromatic N) is 2. The molecule has 0 aromatic heterocycles. The molecule has 1 aliphatic heterocycles. The van der Waals surface area contributed by atoms with Gasteiger partial charge in [0.2, 0.25) is 0 Å². The van der Waals surface area contributed by atoms with E-state index in [0.29, 0.717) is 0 Å². The fourth-order valence-electron chi connectivity index (χ4n) is 2.15. The minimum absolute atomic E-state index is 0.791. The fraction of sp³-hybridized carbons (Fsp3) is 0.538. The molecule has 0 aliphatic carbocycles. The summed E-state index contributed by atoms with van der Waals surface area (Å²) in [7, 11) is 3.85. The molecular formula is C13H21N3O. The topological polar surface area (TPSA) is 41.7 Å². The summed E-state index contributed by atoms with van der Waals surface area (Å²) in [4.78, 5) is 4.71. The maximum atomic E-state index is 5.91. The number of methoxy groups -OCH3 is 1. The van der Waals surface area contributed by atoms with Crippen molar-refractivity contribution in [3.8, 4) is 5.75 Å². The molecule has 4 heteroatoms. The lowest BCUT2D eigenvalue weighted by Crippen LogP contribution is -2.44. The van der Waals surface area contributed by atoms with Crippen molar-refractivity contribution in [2.75, 3.05) is 51.0 Å². The summed E-state index contributed by atoms with van der Waals surface area (Å²) in [5.41, 5.74) is 8.97. The van der Waals surface area contributed by atoms with Crippen LogP contribution in [0.15, 0.2) is 12.1 Å². The molecule has 1 heterocycles. The SMILES string of the molecule is COc1cc(N)c(C)cc1N1CCN(C)CC1. The summed E-state index contributed by atoms with van der Waals surface area (Å²) in [5.74, 6) is 0.873. The largest absolute Gasteiger partial charge is 0.495 e. The molecule has 0 bridgehead atoms. The zero-order valence-electron chi connectivity index (χ0n) is 10.9. The van der Waals surface area contributed by atoms with Crippen molar-refractivity contribution in [3.05, 3.63) is 17.7 Å². The van der Waals surface area contributed by atoms with E-state index in [-0.39, 0.29) is 0 Å². The van der Waals surface area contributed by atoms with Gasteiger partial charge in [0, 0.05) is 37.9 Å². The van der Waals surface area contributed by atoms with Crippen LogP contribution in [0.4, 0.5) is 11.4 Å². The summed E-state index contributed by atoms with van der Waals surface area (Å²) in [6.45, 7) is 6.29. The Morgan fingerprint density at radius 1 is 1.18 bits per heavy atom. The van der Waals surface area contributed by atoms with Crippen LogP contribution in [-0.2, 0) is 0 Å². The van der Waals surface area contributed by atoms with E-state index >= 15 is 0 Å². The number of nitrogens with two attached hydrogens (primary N) is 1. The summed E-state index contributed by atoms with van der Waals surface area (Å²) >= 11 is 0. The molecule has 2 N–H and O–H groups in total. The average molecular weight is 235 g/mol. The number of nitrogen functional groups attached to an aromatic ring is 1. The summed E-state index contributed by atoms with van der Waals surface area (Å²) in [6.07, 6.45) is 0. The number of hydrogen-bond donors (Lipinski definition) is 1. The highest BCUT2D eigenvalue weighted by Crippen LogP contribution is 2.33. The van der Waals surface area contributed by atoms with Gasteiger partial charge in [0.15, 0.2) is 0 Å². The van der Waals surface area contributed by atoms with E-state index in [1.54, 1.807) is 7.11 Å². The molecule has 1 fully saturated rings. The van der Waals surface area contributed by atoms with Crippen LogP contribution in [0.5, 0.6) is 5.75 Å². The fourth-order valence-corrected chi connectivity index (χ4v) is 2.15. The smallest absolute Gasteiger partial charge is 0.144 e. The number of piperazine rings is 1. The second kappa shape index (κ2) is 4.84. The molecule has 1 aromatic carbocycles. The highest BCUT2D eigenvalue weighted by Gasteiger charge is 2.18. The highest BCUT2D eigenvalue weighted by atomic mass is 16.5. The van der Waals surface area contributed by atoms with Crippen molar-refractivity contribution < 1.29 is 4.74 Å². The van der Waals surface area contributed by atoms with Gasteiger partial charge in [-0.3, -0.25) is 0 Å². The van der Waals surface area contributed by atoms with Crippen LogP contribution in [0.2, 0.25) is 0 Å². The number of ether oxygens (including phenoxy) is 1. The van der Waals surface area contributed by atoms with Crippen LogP contribution in [0.1, 0.15) is 5.56 Å². The zero-order valence-corrected chi connectivity index (χ0v) is 10.9. The third kappa shape index (κ3) is 2.47. The molecule has 0 amide bonds. The van der Waals surface area contributed by atoms with Gasteiger partial charge < -0.3 is 20.3 Å². The molecule has 1 aliphatic rings.